The fourth-order valence-electron chi connectivity index (χ4n) is 7.34. The number of benzene rings is 3. The molecule has 1 aliphatic heterocycles. The molecule has 1 saturated heterocycles. The topological polar surface area (TPSA) is 43.9 Å². The third kappa shape index (κ3) is 6.16. The van der Waals surface area contributed by atoms with Crippen LogP contribution in [0.2, 0.25) is 5.02 Å². The third-order valence-electron chi connectivity index (χ3n) is 10.2. The van der Waals surface area contributed by atoms with E-state index < -0.39 is 0 Å². The summed E-state index contributed by atoms with van der Waals surface area (Å²) in [6, 6.07) is 27.5. The maximum absolute atomic E-state index is 13.9. The van der Waals surface area contributed by atoms with Crippen molar-refractivity contribution in [3.05, 3.63) is 118 Å². The van der Waals surface area contributed by atoms with Crippen LogP contribution in [-0.4, -0.2) is 72.3 Å². The van der Waals surface area contributed by atoms with Gasteiger partial charge < -0.3 is 9.80 Å². The third-order valence-corrected chi connectivity index (χ3v) is 10.6. The Labute approximate surface area is 261 Å². The average molecular weight is 596 g/mol. The lowest BCUT2D eigenvalue weighted by Crippen LogP contribution is -2.53. The zero-order chi connectivity index (χ0) is 30.0. The number of nitrogens with zero attached hydrogens (tertiary/aromatic N) is 3. The molecule has 1 heterocycles. The van der Waals surface area contributed by atoms with E-state index in [2.05, 4.69) is 24.8 Å². The van der Waals surface area contributed by atoms with E-state index in [1.54, 1.807) is 6.07 Å². The van der Waals surface area contributed by atoms with Crippen LogP contribution in [0.25, 0.3) is 0 Å². The summed E-state index contributed by atoms with van der Waals surface area (Å²) in [5, 5.41) is 0.498. The molecule has 0 N–H and O–H groups in total. The Balaban J connectivity index is 1.11. The number of hydrogen-bond acceptors (Lipinski definition) is 3. The Kier molecular flexibility index (Phi) is 8.74. The lowest BCUT2D eigenvalue weighted by molar-refractivity contribution is -0.133. The molecule has 0 spiro atoms. The zero-order valence-corrected chi connectivity index (χ0v) is 26.0. The summed E-state index contributed by atoms with van der Waals surface area (Å²) in [5.41, 5.74) is 4.31. The van der Waals surface area contributed by atoms with Gasteiger partial charge in [-0.3, -0.25) is 14.5 Å². The van der Waals surface area contributed by atoms with Crippen LogP contribution in [0, 0.1) is 17.3 Å². The van der Waals surface area contributed by atoms with E-state index in [1.807, 2.05) is 88.7 Å². The molecule has 2 atom stereocenters. The van der Waals surface area contributed by atoms with Crippen molar-refractivity contribution in [3.63, 3.8) is 0 Å². The van der Waals surface area contributed by atoms with Crippen molar-refractivity contribution in [1.82, 2.24) is 14.7 Å². The largest absolute Gasteiger partial charge is 0.339 e. The smallest absolute Gasteiger partial charge is 0.255 e. The molecule has 2 unspecified atom stereocenters. The van der Waals surface area contributed by atoms with Gasteiger partial charge in [0.1, 0.15) is 0 Å². The van der Waals surface area contributed by atoms with Crippen molar-refractivity contribution in [2.45, 2.75) is 32.6 Å². The molecule has 0 aromatic heterocycles. The number of halogens is 1. The van der Waals surface area contributed by atoms with E-state index in [4.69, 9.17) is 11.6 Å². The van der Waals surface area contributed by atoms with Gasteiger partial charge >= 0.3 is 0 Å². The molecule has 3 aliphatic carbocycles. The highest BCUT2D eigenvalue weighted by atomic mass is 35.5. The number of allylic oxidation sites excluding steroid dienone is 1. The number of amides is 2. The Morgan fingerprint density at radius 2 is 1.49 bits per heavy atom. The SMILES string of the molecule is CC1(C)C2CC=C(CN(CCN3CCN(C(=O)C(c4ccccc4)c4ccccc4)CC3)C(=O)c3ccccc3Cl)C1C2. The van der Waals surface area contributed by atoms with Crippen LogP contribution >= 0.6 is 11.6 Å². The fraction of sp³-hybridized carbons (Fsp3) is 0.405. The molecule has 4 aliphatic rings. The van der Waals surface area contributed by atoms with Gasteiger partial charge in [0.15, 0.2) is 0 Å². The van der Waals surface area contributed by atoms with Crippen LogP contribution in [0.1, 0.15) is 54.1 Å². The molecule has 7 rings (SSSR count). The Hall–Kier alpha value is -3.41. The predicted octanol–water partition coefficient (Wildman–Crippen LogP) is 6.75. The van der Waals surface area contributed by atoms with Gasteiger partial charge in [0.05, 0.1) is 16.5 Å². The van der Waals surface area contributed by atoms with Gasteiger partial charge in [-0.25, -0.2) is 0 Å². The monoisotopic (exact) mass is 595 g/mol. The number of piperazine rings is 1. The summed E-state index contributed by atoms with van der Waals surface area (Å²) >= 11 is 6.49. The minimum Gasteiger partial charge on any atom is -0.339 e. The number of hydrogen-bond donors (Lipinski definition) is 0. The van der Waals surface area contributed by atoms with E-state index >= 15 is 0 Å². The summed E-state index contributed by atoms with van der Waals surface area (Å²) in [6.45, 7) is 9.73. The highest BCUT2D eigenvalue weighted by Crippen LogP contribution is 2.59. The maximum Gasteiger partial charge on any atom is 0.255 e. The van der Waals surface area contributed by atoms with Gasteiger partial charge in [-0.1, -0.05) is 110 Å². The number of rotatable bonds is 9. The first kappa shape index (κ1) is 29.7. The van der Waals surface area contributed by atoms with Gasteiger partial charge in [0, 0.05) is 45.8 Å². The summed E-state index contributed by atoms with van der Waals surface area (Å²) in [7, 11) is 0. The van der Waals surface area contributed by atoms with E-state index in [0.717, 1.165) is 43.1 Å². The predicted molar refractivity (Wildman–Crippen MR) is 173 cm³/mol. The van der Waals surface area contributed by atoms with Crippen molar-refractivity contribution in [1.29, 1.82) is 0 Å². The molecule has 5 nitrogen and oxygen atoms in total. The molecule has 3 aromatic carbocycles. The second-order valence-corrected chi connectivity index (χ2v) is 13.4. The lowest BCUT2D eigenvalue weighted by Gasteiger charge is -2.57. The molecular weight excluding hydrogens is 554 g/mol. The molecule has 43 heavy (non-hydrogen) atoms. The first-order valence-corrected chi connectivity index (χ1v) is 16.0. The number of carbonyl (C=O) groups is 2. The summed E-state index contributed by atoms with van der Waals surface area (Å²) in [6.07, 6.45) is 4.73. The molecular formula is C37H42ClN3O2. The van der Waals surface area contributed by atoms with Crippen molar-refractivity contribution in [2.24, 2.45) is 17.3 Å². The van der Waals surface area contributed by atoms with Gasteiger partial charge in [-0.15, -0.1) is 0 Å². The van der Waals surface area contributed by atoms with Crippen LogP contribution in [0.3, 0.4) is 0 Å². The van der Waals surface area contributed by atoms with E-state index in [-0.39, 0.29) is 17.7 Å². The van der Waals surface area contributed by atoms with Crippen LogP contribution in [-0.2, 0) is 4.79 Å². The van der Waals surface area contributed by atoms with Crippen molar-refractivity contribution in [2.75, 3.05) is 45.8 Å². The van der Waals surface area contributed by atoms with E-state index in [1.165, 1.54) is 12.0 Å². The standard InChI is InChI=1S/C37H42ClN3O2/c1-37(2)30-18-17-29(32(37)25-30)26-41(35(42)31-15-9-10-16-33(31)38)24-21-39-19-22-40(23-20-39)36(43)34(27-11-5-3-6-12-27)28-13-7-4-8-14-28/h3-17,30,32,34H,18-26H2,1-2H3. The Morgan fingerprint density at radius 1 is 0.884 bits per heavy atom. The average Bonchev–Trinajstić information content (AvgIpc) is 3.04. The first-order valence-electron chi connectivity index (χ1n) is 15.7. The van der Waals surface area contributed by atoms with Gasteiger partial charge in [0.2, 0.25) is 5.91 Å². The van der Waals surface area contributed by atoms with Crippen LogP contribution < -0.4 is 0 Å². The van der Waals surface area contributed by atoms with E-state index in [9.17, 15) is 9.59 Å². The summed E-state index contributed by atoms with van der Waals surface area (Å²) < 4.78 is 0. The van der Waals surface area contributed by atoms with Crippen molar-refractivity contribution in [3.8, 4) is 0 Å². The molecule has 0 radical (unpaired) electrons. The van der Waals surface area contributed by atoms with E-state index in [0.29, 0.717) is 48.1 Å². The second kappa shape index (κ2) is 12.7. The minimum atomic E-state index is -0.309. The number of fused-ring (bicyclic) bond motifs is 1. The van der Waals surface area contributed by atoms with Crippen LogP contribution in [0.4, 0.5) is 0 Å². The fourth-order valence-corrected chi connectivity index (χ4v) is 7.56. The van der Waals surface area contributed by atoms with Gasteiger partial charge in [-0.05, 0) is 53.4 Å². The molecule has 6 heteroatoms. The minimum absolute atomic E-state index is 0.00636. The Morgan fingerprint density at radius 3 is 2.07 bits per heavy atom. The van der Waals surface area contributed by atoms with Crippen molar-refractivity contribution >= 4 is 23.4 Å². The zero-order valence-electron chi connectivity index (χ0n) is 25.3. The van der Waals surface area contributed by atoms with Crippen LogP contribution in [0.5, 0.6) is 0 Å². The highest BCUT2D eigenvalue weighted by molar-refractivity contribution is 6.33. The van der Waals surface area contributed by atoms with Gasteiger partial charge in [-0.2, -0.15) is 0 Å². The lowest BCUT2D eigenvalue weighted by atomic mass is 9.49. The molecule has 2 amide bonds. The second-order valence-electron chi connectivity index (χ2n) is 12.9. The van der Waals surface area contributed by atoms with Gasteiger partial charge in [0.25, 0.3) is 5.91 Å². The highest BCUT2D eigenvalue weighted by Gasteiger charge is 2.51. The normalized spacial score (nSPS) is 21.2. The summed E-state index contributed by atoms with van der Waals surface area (Å²) in [4.78, 5) is 34.1. The molecule has 224 valence electrons. The molecule has 3 aromatic rings. The summed E-state index contributed by atoms with van der Waals surface area (Å²) in [5.74, 6) is 1.14. The molecule has 1 saturated carbocycles. The Bertz CT molecular complexity index is 1420. The first-order chi connectivity index (χ1) is 20.8. The molecule has 2 fully saturated rings. The quantitative estimate of drug-likeness (QED) is 0.257. The molecule has 2 bridgehead atoms. The van der Waals surface area contributed by atoms with Crippen molar-refractivity contribution < 1.29 is 9.59 Å². The maximum atomic E-state index is 13.9. The van der Waals surface area contributed by atoms with Crippen LogP contribution in [0.15, 0.2) is 96.6 Å². The number of carbonyl (C=O) groups excluding carboxylic acids is 2.